The highest BCUT2D eigenvalue weighted by Gasteiger charge is 2.09. The number of hydrogen-bond acceptors (Lipinski definition) is 4. The highest BCUT2D eigenvalue weighted by atomic mass is 79.9. The molecule has 3 aromatic rings. The minimum Gasteiger partial charge on any atom is -0.496 e. The number of ketones is 1. The molecule has 0 heterocycles. The smallest absolute Gasteiger partial charge is 0.343 e. The Bertz CT molecular complexity index is 1060. The Kier molecular flexibility index (Phi) is 6.86. The van der Waals surface area contributed by atoms with Gasteiger partial charge in [0.05, 0.1) is 12.7 Å². The summed E-state index contributed by atoms with van der Waals surface area (Å²) in [5.41, 5.74) is 1.64. The zero-order chi connectivity index (χ0) is 20.8. The molecule has 0 atom stereocenters. The number of carbonyl (C=O) groups is 2. The van der Waals surface area contributed by atoms with Crippen molar-refractivity contribution in [3.05, 3.63) is 99.0 Å². The molecule has 4 nitrogen and oxygen atoms in total. The zero-order valence-electron chi connectivity index (χ0n) is 15.4. The highest BCUT2D eigenvalue weighted by molar-refractivity contribution is 9.10. The first-order valence-electron chi connectivity index (χ1n) is 8.60. The van der Waals surface area contributed by atoms with E-state index in [2.05, 4.69) is 15.9 Å². The number of benzene rings is 3. The van der Waals surface area contributed by atoms with E-state index in [1.807, 2.05) is 18.2 Å². The van der Waals surface area contributed by atoms with Crippen LogP contribution >= 0.6 is 27.5 Å². The third-order valence-corrected chi connectivity index (χ3v) is 4.78. The number of methoxy groups -OCH3 is 1. The van der Waals surface area contributed by atoms with Gasteiger partial charge in [-0.1, -0.05) is 27.5 Å². The van der Waals surface area contributed by atoms with Gasteiger partial charge in [0.15, 0.2) is 5.78 Å². The number of hydrogen-bond donors (Lipinski definition) is 0. The van der Waals surface area contributed by atoms with E-state index in [1.54, 1.807) is 61.7 Å². The molecule has 0 spiro atoms. The predicted molar refractivity (Wildman–Crippen MR) is 117 cm³/mol. The van der Waals surface area contributed by atoms with Crippen LogP contribution in [0, 0.1) is 0 Å². The maximum absolute atomic E-state index is 12.4. The van der Waals surface area contributed by atoms with Gasteiger partial charge in [-0.2, -0.15) is 0 Å². The molecule has 29 heavy (non-hydrogen) atoms. The molecule has 0 aliphatic carbocycles. The molecule has 0 saturated carbocycles. The van der Waals surface area contributed by atoms with Gasteiger partial charge in [0, 0.05) is 20.6 Å². The average Bonchev–Trinajstić information content (AvgIpc) is 2.73. The standard InChI is InChI=1S/C23H16BrClO4/c1-28-22-13-7-18(24)14-17(22)6-12-21(26)15-4-10-20(11-5-15)29-23(27)16-2-8-19(25)9-3-16/h2-14H,1H3. The summed E-state index contributed by atoms with van der Waals surface area (Å²) in [6.45, 7) is 0. The molecule has 6 heteroatoms. The lowest BCUT2D eigenvalue weighted by Gasteiger charge is -2.06. The van der Waals surface area contributed by atoms with Crippen molar-refractivity contribution in [1.82, 2.24) is 0 Å². The third-order valence-electron chi connectivity index (χ3n) is 4.04. The lowest BCUT2D eigenvalue weighted by atomic mass is 10.1. The largest absolute Gasteiger partial charge is 0.496 e. The Morgan fingerprint density at radius 1 is 0.931 bits per heavy atom. The monoisotopic (exact) mass is 470 g/mol. The topological polar surface area (TPSA) is 52.6 Å². The van der Waals surface area contributed by atoms with Gasteiger partial charge in [-0.15, -0.1) is 0 Å². The highest BCUT2D eigenvalue weighted by Crippen LogP contribution is 2.24. The van der Waals surface area contributed by atoms with Crippen molar-refractivity contribution >= 4 is 45.4 Å². The van der Waals surface area contributed by atoms with Crippen LogP contribution in [0.2, 0.25) is 5.02 Å². The number of halogens is 2. The van der Waals surface area contributed by atoms with Gasteiger partial charge in [0.1, 0.15) is 11.5 Å². The molecule has 0 N–H and O–H groups in total. The van der Waals surface area contributed by atoms with Crippen molar-refractivity contribution in [2.24, 2.45) is 0 Å². The first-order chi connectivity index (χ1) is 14.0. The van der Waals surface area contributed by atoms with Crippen molar-refractivity contribution < 1.29 is 19.1 Å². The van der Waals surface area contributed by atoms with Crippen molar-refractivity contribution in [3.63, 3.8) is 0 Å². The van der Waals surface area contributed by atoms with Crippen LogP contribution in [-0.4, -0.2) is 18.9 Å². The summed E-state index contributed by atoms with van der Waals surface area (Å²) in [5.74, 6) is 0.339. The Labute approximate surface area is 181 Å². The predicted octanol–water partition coefficient (Wildman–Crippen LogP) is 6.23. The van der Waals surface area contributed by atoms with E-state index >= 15 is 0 Å². The number of carbonyl (C=O) groups excluding carboxylic acids is 2. The molecule has 0 aromatic heterocycles. The second-order valence-electron chi connectivity index (χ2n) is 6.00. The summed E-state index contributed by atoms with van der Waals surface area (Å²) < 4.78 is 11.5. The lowest BCUT2D eigenvalue weighted by molar-refractivity contribution is 0.0734. The summed E-state index contributed by atoms with van der Waals surface area (Å²) in [6, 6.07) is 18.3. The van der Waals surface area contributed by atoms with E-state index in [9.17, 15) is 9.59 Å². The molecule has 146 valence electrons. The van der Waals surface area contributed by atoms with E-state index in [-0.39, 0.29) is 5.78 Å². The van der Waals surface area contributed by atoms with Crippen LogP contribution in [-0.2, 0) is 0 Å². The fourth-order valence-corrected chi connectivity index (χ4v) is 3.04. The maximum Gasteiger partial charge on any atom is 0.343 e. The average molecular weight is 472 g/mol. The number of ether oxygens (including phenoxy) is 2. The van der Waals surface area contributed by atoms with Gasteiger partial charge in [-0.3, -0.25) is 4.79 Å². The Balaban J connectivity index is 1.68. The van der Waals surface area contributed by atoms with Crippen molar-refractivity contribution in [3.8, 4) is 11.5 Å². The van der Waals surface area contributed by atoms with E-state index < -0.39 is 5.97 Å². The van der Waals surface area contributed by atoms with Crippen LogP contribution < -0.4 is 9.47 Å². The Morgan fingerprint density at radius 2 is 1.59 bits per heavy atom. The minimum absolute atomic E-state index is 0.178. The Morgan fingerprint density at radius 3 is 2.24 bits per heavy atom. The molecule has 0 bridgehead atoms. The minimum atomic E-state index is -0.498. The van der Waals surface area contributed by atoms with Gasteiger partial charge in [0.25, 0.3) is 0 Å². The number of allylic oxidation sites excluding steroid dienone is 1. The van der Waals surface area contributed by atoms with Gasteiger partial charge >= 0.3 is 5.97 Å². The van der Waals surface area contributed by atoms with Gasteiger partial charge < -0.3 is 9.47 Å². The van der Waals surface area contributed by atoms with Gasteiger partial charge in [0.2, 0.25) is 0 Å². The molecule has 0 amide bonds. The fraction of sp³-hybridized carbons (Fsp3) is 0.0435. The molecular weight excluding hydrogens is 456 g/mol. The van der Waals surface area contributed by atoms with E-state index in [4.69, 9.17) is 21.1 Å². The maximum atomic E-state index is 12.4. The quantitative estimate of drug-likeness (QED) is 0.185. The molecule has 3 rings (SSSR count). The van der Waals surface area contributed by atoms with Gasteiger partial charge in [-0.05, 0) is 78.9 Å². The third kappa shape index (κ3) is 5.56. The van der Waals surface area contributed by atoms with Crippen LogP contribution in [0.5, 0.6) is 11.5 Å². The van der Waals surface area contributed by atoms with Crippen LogP contribution in [0.1, 0.15) is 26.3 Å². The Hall–Kier alpha value is -2.89. The summed E-state index contributed by atoms with van der Waals surface area (Å²) >= 11 is 9.22. The summed E-state index contributed by atoms with van der Waals surface area (Å²) in [5, 5.41) is 0.540. The lowest BCUT2D eigenvalue weighted by Crippen LogP contribution is -2.08. The van der Waals surface area contributed by atoms with Crippen molar-refractivity contribution in [1.29, 1.82) is 0 Å². The second-order valence-corrected chi connectivity index (χ2v) is 7.36. The number of esters is 1. The van der Waals surface area contributed by atoms with Crippen molar-refractivity contribution in [2.45, 2.75) is 0 Å². The summed E-state index contributed by atoms with van der Waals surface area (Å²) in [7, 11) is 1.58. The first kappa shape index (κ1) is 20.8. The van der Waals surface area contributed by atoms with Crippen LogP contribution in [0.15, 0.2) is 77.3 Å². The normalized spacial score (nSPS) is 10.7. The molecule has 0 radical (unpaired) electrons. The molecule has 3 aromatic carbocycles. The van der Waals surface area contributed by atoms with Crippen LogP contribution in [0.25, 0.3) is 6.08 Å². The van der Waals surface area contributed by atoms with E-state index in [1.165, 1.54) is 6.08 Å². The fourth-order valence-electron chi connectivity index (χ4n) is 2.54. The molecule has 0 aliphatic heterocycles. The molecule has 0 fully saturated rings. The molecule has 0 unspecified atom stereocenters. The zero-order valence-corrected chi connectivity index (χ0v) is 17.7. The van der Waals surface area contributed by atoms with Crippen molar-refractivity contribution in [2.75, 3.05) is 7.11 Å². The summed E-state index contributed by atoms with van der Waals surface area (Å²) in [6.07, 6.45) is 3.17. The summed E-state index contributed by atoms with van der Waals surface area (Å²) in [4.78, 5) is 24.6. The van der Waals surface area contributed by atoms with E-state index in [0.29, 0.717) is 27.6 Å². The van der Waals surface area contributed by atoms with Crippen LogP contribution in [0.4, 0.5) is 0 Å². The van der Waals surface area contributed by atoms with Gasteiger partial charge in [-0.25, -0.2) is 4.79 Å². The van der Waals surface area contributed by atoms with E-state index in [0.717, 1.165) is 10.0 Å². The second kappa shape index (κ2) is 9.54. The first-order valence-corrected chi connectivity index (χ1v) is 9.77. The SMILES string of the molecule is COc1ccc(Br)cc1C=CC(=O)c1ccc(OC(=O)c2ccc(Cl)cc2)cc1. The number of rotatable bonds is 6. The molecule has 0 aliphatic rings. The molecule has 0 saturated heterocycles. The molecular formula is C23H16BrClO4. The van der Waals surface area contributed by atoms with Crippen LogP contribution in [0.3, 0.4) is 0 Å².